The first-order valence-corrected chi connectivity index (χ1v) is 5.30. The second-order valence-corrected chi connectivity index (χ2v) is 3.99. The molecule has 0 heterocycles. The Morgan fingerprint density at radius 3 is 2.46 bits per heavy atom. The second-order valence-electron chi connectivity index (χ2n) is 3.99. The topological polar surface area (TPSA) is 29.1 Å². The van der Waals surface area contributed by atoms with E-state index in [4.69, 9.17) is 0 Å². The number of unbranched alkanes of at least 4 members (excludes halogenated alkanes) is 1. The second kappa shape index (κ2) is 7.07. The summed E-state index contributed by atoms with van der Waals surface area (Å²) in [5.74, 6) is 0.883. The summed E-state index contributed by atoms with van der Waals surface area (Å²) in [7, 11) is 0. The molecule has 0 aliphatic heterocycles. The van der Waals surface area contributed by atoms with Gasteiger partial charge in [-0.2, -0.15) is 0 Å². The molecule has 2 atom stereocenters. The van der Waals surface area contributed by atoms with Crippen LogP contribution in [0, 0.1) is 5.92 Å². The van der Waals surface area contributed by atoms with Gasteiger partial charge in [0.15, 0.2) is 0 Å². The van der Waals surface area contributed by atoms with Crippen molar-refractivity contribution in [3.63, 3.8) is 0 Å². The molecule has 1 unspecified atom stereocenters. The summed E-state index contributed by atoms with van der Waals surface area (Å²) in [4.78, 5) is 10.7. The van der Waals surface area contributed by atoms with Gasteiger partial charge in [-0.15, -0.1) is 0 Å². The van der Waals surface area contributed by atoms with Gasteiger partial charge in [0, 0.05) is 6.04 Å². The van der Waals surface area contributed by atoms with E-state index in [1.807, 2.05) is 0 Å². The van der Waals surface area contributed by atoms with Gasteiger partial charge in [0.2, 0.25) is 0 Å². The summed E-state index contributed by atoms with van der Waals surface area (Å²) < 4.78 is 0. The minimum atomic E-state index is 0.217. The largest absolute Gasteiger partial charge is 0.307 e. The van der Waals surface area contributed by atoms with Gasteiger partial charge in [-0.1, -0.05) is 26.7 Å². The van der Waals surface area contributed by atoms with E-state index in [0.29, 0.717) is 18.5 Å². The summed E-state index contributed by atoms with van der Waals surface area (Å²) >= 11 is 0. The lowest BCUT2D eigenvalue weighted by atomic mass is 9.97. The number of carbonyl (C=O) groups is 1. The first-order chi connectivity index (χ1) is 6.07. The van der Waals surface area contributed by atoms with Crippen LogP contribution in [0.5, 0.6) is 0 Å². The molecule has 0 aliphatic rings. The molecule has 0 aromatic rings. The van der Waals surface area contributed by atoms with Gasteiger partial charge >= 0.3 is 0 Å². The van der Waals surface area contributed by atoms with Crippen molar-refractivity contribution in [1.29, 1.82) is 0 Å². The van der Waals surface area contributed by atoms with Crippen molar-refractivity contribution in [1.82, 2.24) is 5.32 Å². The number of nitrogens with one attached hydrogen (secondary N) is 1. The van der Waals surface area contributed by atoms with Crippen LogP contribution in [0.1, 0.15) is 47.0 Å². The summed E-state index contributed by atoms with van der Waals surface area (Å²) in [5, 5.41) is 3.24. The zero-order valence-electron chi connectivity index (χ0n) is 9.39. The quantitative estimate of drug-likeness (QED) is 0.660. The van der Waals surface area contributed by atoms with E-state index in [9.17, 15) is 4.79 Å². The molecule has 2 nitrogen and oxygen atoms in total. The molecule has 0 aromatic heterocycles. The molecule has 78 valence electrons. The Balaban J connectivity index is 3.56. The average molecular weight is 185 g/mol. The third-order valence-electron chi connectivity index (χ3n) is 2.54. The number of hydrogen-bond acceptors (Lipinski definition) is 2. The number of carbonyl (C=O) groups excluding carboxylic acids is 1. The van der Waals surface area contributed by atoms with Gasteiger partial charge in [0.1, 0.15) is 5.78 Å². The standard InChI is InChI=1S/C11H23NO/c1-5-6-7-9(2)11(4)12-8-10(3)13/h9,11-12H,5-8H2,1-4H3/t9-,11?/m0/s1. The van der Waals surface area contributed by atoms with E-state index in [0.717, 1.165) is 0 Å². The number of ketones is 1. The monoisotopic (exact) mass is 185 g/mol. The zero-order valence-corrected chi connectivity index (χ0v) is 9.39. The highest BCUT2D eigenvalue weighted by molar-refractivity contribution is 5.77. The molecule has 0 rings (SSSR count). The first-order valence-electron chi connectivity index (χ1n) is 5.30. The van der Waals surface area contributed by atoms with Crippen LogP contribution in [0.15, 0.2) is 0 Å². The van der Waals surface area contributed by atoms with Crippen molar-refractivity contribution in [2.75, 3.05) is 6.54 Å². The van der Waals surface area contributed by atoms with E-state index in [2.05, 4.69) is 26.1 Å². The first kappa shape index (κ1) is 12.6. The summed E-state index contributed by atoms with van der Waals surface area (Å²) in [5.41, 5.74) is 0. The highest BCUT2D eigenvalue weighted by atomic mass is 16.1. The molecule has 0 fully saturated rings. The number of hydrogen-bond donors (Lipinski definition) is 1. The molecule has 0 saturated carbocycles. The number of rotatable bonds is 7. The normalized spacial score (nSPS) is 15.4. The van der Waals surface area contributed by atoms with E-state index >= 15 is 0 Å². The highest BCUT2D eigenvalue weighted by Crippen LogP contribution is 2.11. The Labute approximate surface area is 82.1 Å². The lowest BCUT2D eigenvalue weighted by Gasteiger charge is -2.20. The van der Waals surface area contributed by atoms with Crippen LogP contribution in [0.4, 0.5) is 0 Å². The Morgan fingerprint density at radius 2 is 2.00 bits per heavy atom. The summed E-state index contributed by atoms with van der Waals surface area (Å²) in [6, 6.07) is 0.454. The van der Waals surface area contributed by atoms with Crippen molar-refractivity contribution in [2.45, 2.75) is 53.0 Å². The van der Waals surface area contributed by atoms with Crippen LogP contribution in [-0.4, -0.2) is 18.4 Å². The van der Waals surface area contributed by atoms with Crippen LogP contribution in [0.3, 0.4) is 0 Å². The van der Waals surface area contributed by atoms with Crippen molar-refractivity contribution in [3.8, 4) is 0 Å². The molecule has 0 saturated heterocycles. The molecule has 1 N–H and O–H groups in total. The summed E-state index contributed by atoms with van der Waals surface area (Å²) in [6.07, 6.45) is 3.79. The Morgan fingerprint density at radius 1 is 1.38 bits per heavy atom. The minimum Gasteiger partial charge on any atom is -0.307 e. The maximum absolute atomic E-state index is 10.7. The molecular weight excluding hydrogens is 162 g/mol. The Bertz CT molecular complexity index is 145. The van der Waals surface area contributed by atoms with Crippen LogP contribution >= 0.6 is 0 Å². The molecule has 2 heteroatoms. The average Bonchev–Trinajstić information content (AvgIpc) is 2.10. The van der Waals surface area contributed by atoms with Crippen LogP contribution in [-0.2, 0) is 4.79 Å². The summed E-state index contributed by atoms with van der Waals surface area (Å²) in [6.45, 7) is 8.74. The van der Waals surface area contributed by atoms with E-state index in [1.54, 1.807) is 6.92 Å². The van der Waals surface area contributed by atoms with E-state index in [-0.39, 0.29) is 5.78 Å². The van der Waals surface area contributed by atoms with Gasteiger partial charge in [-0.05, 0) is 26.2 Å². The predicted molar refractivity (Wildman–Crippen MR) is 56.8 cm³/mol. The van der Waals surface area contributed by atoms with Gasteiger partial charge in [0.05, 0.1) is 6.54 Å². The van der Waals surface area contributed by atoms with Gasteiger partial charge in [-0.3, -0.25) is 4.79 Å². The maximum Gasteiger partial charge on any atom is 0.143 e. The molecule has 0 spiro atoms. The smallest absolute Gasteiger partial charge is 0.143 e. The van der Waals surface area contributed by atoms with Gasteiger partial charge in [-0.25, -0.2) is 0 Å². The third kappa shape index (κ3) is 6.76. The fourth-order valence-corrected chi connectivity index (χ4v) is 1.28. The van der Waals surface area contributed by atoms with Crippen LogP contribution < -0.4 is 5.32 Å². The maximum atomic E-state index is 10.7. The molecular formula is C11H23NO. The van der Waals surface area contributed by atoms with Gasteiger partial charge < -0.3 is 5.32 Å². The van der Waals surface area contributed by atoms with Crippen molar-refractivity contribution in [2.24, 2.45) is 5.92 Å². The fourth-order valence-electron chi connectivity index (χ4n) is 1.28. The third-order valence-corrected chi connectivity index (χ3v) is 2.54. The molecule has 13 heavy (non-hydrogen) atoms. The molecule has 0 amide bonds. The molecule has 0 aliphatic carbocycles. The SMILES string of the molecule is CCCC[C@H](C)C(C)NCC(C)=O. The lowest BCUT2D eigenvalue weighted by Crippen LogP contribution is -2.35. The number of Topliss-reactive ketones (excluding diaryl/α,β-unsaturated/α-hetero) is 1. The van der Waals surface area contributed by atoms with Crippen molar-refractivity contribution in [3.05, 3.63) is 0 Å². The van der Waals surface area contributed by atoms with Gasteiger partial charge in [0.25, 0.3) is 0 Å². The molecule has 0 radical (unpaired) electrons. The Hall–Kier alpha value is -0.370. The lowest BCUT2D eigenvalue weighted by molar-refractivity contribution is -0.116. The molecule has 0 aromatic carbocycles. The zero-order chi connectivity index (χ0) is 10.3. The predicted octanol–water partition coefficient (Wildman–Crippen LogP) is 2.38. The van der Waals surface area contributed by atoms with E-state index < -0.39 is 0 Å². The van der Waals surface area contributed by atoms with Crippen molar-refractivity contribution < 1.29 is 4.79 Å². The van der Waals surface area contributed by atoms with E-state index in [1.165, 1.54) is 19.3 Å². The highest BCUT2D eigenvalue weighted by Gasteiger charge is 2.10. The minimum absolute atomic E-state index is 0.217. The van der Waals surface area contributed by atoms with Crippen LogP contribution in [0.25, 0.3) is 0 Å². The van der Waals surface area contributed by atoms with Crippen LogP contribution in [0.2, 0.25) is 0 Å². The van der Waals surface area contributed by atoms with Crippen molar-refractivity contribution >= 4 is 5.78 Å². The Kier molecular flexibility index (Phi) is 6.87. The fraction of sp³-hybridized carbons (Fsp3) is 0.909. The molecule has 0 bridgehead atoms.